The second kappa shape index (κ2) is 12.3. The maximum Gasteiger partial charge on any atom is 0.426 e. The average Bonchev–Trinajstić information content (AvgIpc) is 3.34. The van der Waals surface area contributed by atoms with Gasteiger partial charge < -0.3 is 15.1 Å². The first kappa shape index (κ1) is 24.7. The topological polar surface area (TPSA) is 48.1 Å². The van der Waals surface area contributed by atoms with Crippen LogP contribution in [0.3, 0.4) is 0 Å². The number of rotatable bonds is 9. The Morgan fingerprint density at radius 1 is 0.912 bits per heavy atom. The van der Waals surface area contributed by atoms with Crippen molar-refractivity contribution < 1.29 is 9.63 Å². The van der Waals surface area contributed by atoms with Crippen LogP contribution in [-0.4, -0.2) is 67.8 Å². The van der Waals surface area contributed by atoms with Crippen molar-refractivity contribution in [2.45, 2.75) is 51.1 Å². The van der Waals surface area contributed by atoms with Gasteiger partial charge in [-0.05, 0) is 87.5 Å². The quantitative estimate of drug-likeness (QED) is 0.596. The number of hydroxylamine groups is 2. The van der Waals surface area contributed by atoms with Gasteiger partial charge in [0.25, 0.3) is 0 Å². The molecule has 0 unspecified atom stereocenters. The number of piperidine rings is 1. The van der Waals surface area contributed by atoms with Gasteiger partial charge in [0.05, 0.1) is 0 Å². The van der Waals surface area contributed by atoms with E-state index in [2.05, 4.69) is 77.7 Å². The fraction of sp³-hybridized carbons (Fsp3) is 0.536. The maximum absolute atomic E-state index is 12.2. The Kier molecular flexibility index (Phi) is 8.97. The van der Waals surface area contributed by atoms with E-state index in [-0.39, 0.29) is 6.09 Å². The summed E-state index contributed by atoms with van der Waals surface area (Å²) >= 11 is 0. The van der Waals surface area contributed by atoms with Gasteiger partial charge in [0.15, 0.2) is 0 Å². The summed E-state index contributed by atoms with van der Waals surface area (Å²) in [5, 5.41) is 4.71. The molecule has 0 spiro atoms. The predicted octanol–water partition coefficient (Wildman–Crippen LogP) is 4.41. The highest BCUT2D eigenvalue weighted by atomic mass is 16.7. The molecule has 0 bridgehead atoms. The van der Waals surface area contributed by atoms with E-state index in [1.54, 1.807) is 5.06 Å². The van der Waals surface area contributed by atoms with E-state index in [0.717, 1.165) is 45.4 Å². The number of benzene rings is 2. The van der Waals surface area contributed by atoms with Crippen molar-refractivity contribution in [3.63, 3.8) is 0 Å². The molecule has 2 aliphatic heterocycles. The number of hydrogen-bond donors (Lipinski definition) is 1. The van der Waals surface area contributed by atoms with E-state index in [1.807, 2.05) is 0 Å². The Bertz CT molecular complexity index is 884. The van der Waals surface area contributed by atoms with E-state index in [4.69, 9.17) is 4.84 Å². The fourth-order valence-corrected chi connectivity index (χ4v) is 5.01. The molecule has 2 aromatic rings. The second-order valence-corrected chi connectivity index (χ2v) is 10.0. The molecule has 2 saturated heterocycles. The number of amides is 1. The highest BCUT2D eigenvalue weighted by Gasteiger charge is 2.23. The van der Waals surface area contributed by atoms with Crippen LogP contribution in [0, 0.1) is 0 Å². The number of carbonyl (C=O) groups excluding carboxylic acids is 1. The van der Waals surface area contributed by atoms with Crippen molar-refractivity contribution in [1.29, 1.82) is 0 Å². The van der Waals surface area contributed by atoms with Crippen LogP contribution in [0.4, 0.5) is 4.79 Å². The van der Waals surface area contributed by atoms with Gasteiger partial charge in [-0.2, -0.15) is 0 Å². The van der Waals surface area contributed by atoms with Gasteiger partial charge in [-0.25, -0.2) is 4.79 Å². The molecule has 0 aliphatic carbocycles. The van der Waals surface area contributed by atoms with E-state index in [1.165, 1.54) is 48.2 Å². The number of carbonyl (C=O) groups is 1. The lowest BCUT2D eigenvalue weighted by molar-refractivity contribution is -0.113. The zero-order valence-corrected chi connectivity index (χ0v) is 20.8. The fourth-order valence-electron chi connectivity index (χ4n) is 5.01. The molecule has 1 N–H and O–H groups in total. The van der Waals surface area contributed by atoms with Crippen molar-refractivity contribution in [3.8, 4) is 0 Å². The lowest BCUT2D eigenvalue weighted by atomic mass is 9.89. The predicted molar refractivity (Wildman–Crippen MR) is 137 cm³/mol. The second-order valence-electron chi connectivity index (χ2n) is 10.0. The maximum atomic E-state index is 12.2. The third-order valence-corrected chi connectivity index (χ3v) is 6.93. The number of likely N-dealkylation sites (tertiary alicyclic amines) is 1. The molecule has 6 nitrogen and oxygen atoms in total. The van der Waals surface area contributed by atoms with Gasteiger partial charge in [0, 0.05) is 32.7 Å². The van der Waals surface area contributed by atoms with E-state index in [0.29, 0.717) is 12.5 Å². The monoisotopic (exact) mass is 464 g/mol. The summed E-state index contributed by atoms with van der Waals surface area (Å²) in [5.41, 5.74) is 5.33. The van der Waals surface area contributed by atoms with Crippen LogP contribution in [0.2, 0.25) is 0 Å². The molecule has 2 aliphatic rings. The Balaban J connectivity index is 1.12. The first-order chi connectivity index (χ1) is 16.5. The van der Waals surface area contributed by atoms with Gasteiger partial charge in [-0.15, -0.1) is 5.06 Å². The molecule has 0 aromatic heterocycles. The lowest BCUT2D eigenvalue weighted by Gasteiger charge is -2.30. The van der Waals surface area contributed by atoms with Crippen LogP contribution in [0.1, 0.15) is 53.9 Å². The molecule has 0 saturated carbocycles. The Morgan fingerprint density at radius 2 is 1.53 bits per heavy atom. The van der Waals surface area contributed by atoms with Gasteiger partial charge in [-0.3, -0.25) is 4.90 Å². The Hall–Kier alpha value is -2.41. The normalized spacial score (nSPS) is 17.9. The zero-order chi connectivity index (χ0) is 23.8. The van der Waals surface area contributed by atoms with E-state index in [9.17, 15) is 4.79 Å². The third kappa shape index (κ3) is 7.55. The average molecular weight is 465 g/mol. The molecule has 0 atom stereocenters. The summed E-state index contributed by atoms with van der Waals surface area (Å²) in [7, 11) is 4.18. The summed E-state index contributed by atoms with van der Waals surface area (Å²) < 4.78 is 0. The highest BCUT2D eigenvalue weighted by Crippen LogP contribution is 2.28. The van der Waals surface area contributed by atoms with Crippen LogP contribution in [0.15, 0.2) is 48.5 Å². The van der Waals surface area contributed by atoms with Crippen LogP contribution in [0.25, 0.3) is 0 Å². The van der Waals surface area contributed by atoms with Crippen LogP contribution in [0.5, 0.6) is 0 Å². The van der Waals surface area contributed by atoms with Crippen molar-refractivity contribution in [2.75, 3.05) is 46.8 Å². The summed E-state index contributed by atoms with van der Waals surface area (Å²) in [6.07, 6.45) is 5.11. The van der Waals surface area contributed by atoms with Crippen LogP contribution in [-0.2, 0) is 24.3 Å². The van der Waals surface area contributed by atoms with E-state index < -0.39 is 0 Å². The Labute approximate surface area is 204 Å². The van der Waals surface area contributed by atoms with Crippen molar-refractivity contribution >= 4 is 6.09 Å². The van der Waals surface area contributed by atoms with E-state index >= 15 is 0 Å². The van der Waals surface area contributed by atoms with Crippen molar-refractivity contribution in [3.05, 3.63) is 70.8 Å². The van der Waals surface area contributed by atoms with Gasteiger partial charge in [0.2, 0.25) is 0 Å². The number of hydrogen-bond acceptors (Lipinski definition) is 5. The summed E-state index contributed by atoms with van der Waals surface area (Å²) in [6.45, 7) is 6.58. The van der Waals surface area contributed by atoms with Crippen molar-refractivity contribution in [1.82, 2.24) is 20.2 Å². The number of nitrogens with zero attached hydrogens (tertiary/aromatic N) is 3. The molecule has 2 heterocycles. The molecular weight excluding hydrogens is 424 g/mol. The minimum atomic E-state index is -0.350. The van der Waals surface area contributed by atoms with Gasteiger partial charge >= 0.3 is 6.09 Å². The number of nitrogens with one attached hydrogen (secondary N) is 1. The summed E-state index contributed by atoms with van der Waals surface area (Å²) in [5.74, 6) is 0.532. The lowest BCUT2D eigenvalue weighted by Crippen LogP contribution is -2.39. The molecule has 1 amide bonds. The summed E-state index contributed by atoms with van der Waals surface area (Å²) in [6, 6.07) is 17.8. The smallest absolute Gasteiger partial charge is 0.351 e. The molecule has 184 valence electrons. The van der Waals surface area contributed by atoms with Crippen molar-refractivity contribution in [2.24, 2.45) is 0 Å². The van der Waals surface area contributed by atoms with Crippen LogP contribution < -0.4 is 5.32 Å². The molecule has 2 fully saturated rings. The van der Waals surface area contributed by atoms with Gasteiger partial charge in [-0.1, -0.05) is 48.5 Å². The molecule has 0 radical (unpaired) electrons. The first-order valence-corrected chi connectivity index (χ1v) is 12.8. The molecule has 4 rings (SSSR count). The third-order valence-electron chi connectivity index (χ3n) is 6.93. The highest BCUT2D eigenvalue weighted by molar-refractivity contribution is 5.66. The first-order valence-electron chi connectivity index (χ1n) is 12.8. The van der Waals surface area contributed by atoms with Gasteiger partial charge in [0.1, 0.15) is 0 Å². The molecule has 2 aromatic carbocycles. The Morgan fingerprint density at radius 3 is 2.18 bits per heavy atom. The molecule has 34 heavy (non-hydrogen) atoms. The van der Waals surface area contributed by atoms with Crippen LogP contribution >= 0.6 is 0 Å². The minimum Gasteiger partial charge on any atom is -0.351 e. The SMILES string of the molecule is CN(C)Cc1ccc(C2CCN(OC(=O)NCCc3ccc(CN4CCCC4)cc3)CC2)cc1. The molecule has 6 heteroatoms. The minimum absolute atomic E-state index is 0.350. The summed E-state index contributed by atoms with van der Waals surface area (Å²) in [4.78, 5) is 22.5. The largest absolute Gasteiger partial charge is 0.426 e. The zero-order valence-electron chi connectivity index (χ0n) is 20.8. The molecular formula is C28H40N4O2. The standard InChI is InChI=1S/C28H40N4O2/c1-30(2)21-24-9-11-26(12-10-24)27-14-19-32(20-15-27)34-28(33)29-16-13-23-5-7-25(8-6-23)22-31-17-3-4-18-31/h5-12,27H,3-4,13-22H2,1-2H3,(H,29,33).